The molecule has 124 valence electrons. The molecule has 1 N–H and O–H groups in total. The summed E-state index contributed by atoms with van der Waals surface area (Å²) in [6, 6.07) is 8.19. The van der Waals surface area contributed by atoms with Crippen LogP contribution in [0, 0.1) is 0 Å². The van der Waals surface area contributed by atoms with Crippen molar-refractivity contribution in [3.63, 3.8) is 0 Å². The first-order valence-electron chi connectivity index (χ1n) is 6.89. The molecule has 0 fully saturated rings. The Morgan fingerprint density at radius 2 is 1.83 bits per heavy atom. The maximum Gasteiger partial charge on any atom is 0.272 e. The van der Waals surface area contributed by atoms with Gasteiger partial charge in [0, 0.05) is 20.7 Å². The van der Waals surface area contributed by atoms with Gasteiger partial charge in [0.05, 0.1) is 22.8 Å². The summed E-state index contributed by atoms with van der Waals surface area (Å²) in [4.78, 5) is 27.8. The van der Waals surface area contributed by atoms with E-state index >= 15 is 0 Å². The third kappa shape index (κ3) is 3.25. The van der Waals surface area contributed by atoms with Gasteiger partial charge in [0.1, 0.15) is 0 Å². The zero-order valence-corrected chi connectivity index (χ0v) is 15.3. The van der Waals surface area contributed by atoms with Gasteiger partial charge in [-0.2, -0.15) is 0 Å². The topological polar surface area (TPSA) is 57.6 Å². The quantitative estimate of drug-likeness (QED) is 0.769. The first-order chi connectivity index (χ1) is 11.5. The molecule has 1 aromatic carbocycles. The average Bonchev–Trinajstić information content (AvgIpc) is 3.11. The van der Waals surface area contributed by atoms with Crippen molar-refractivity contribution in [2.45, 2.75) is 0 Å². The average molecular weight is 400 g/mol. The van der Waals surface area contributed by atoms with Gasteiger partial charge in [-0.1, -0.05) is 29.3 Å². The fraction of sp³-hybridized carbons (Fsp3) is 0.125. The fourth-order valence-corrected chi connectivity index (χ4v) is 4.53. The number of thiophene rings is 1. The molecule has 3 rings (SSSR count). The zero-order chi connectivity index (χ0) is 17.3. The molecule has 0 saturated heterocycles. The van der Waals surface area contributed by atoms with Crippen LogP contribution in [0.3, 0.4) is 0 Å². The third-order valence-electron chi connectivity index (χ3n) is 3.25. The number of nitrogens with zero attached hydrogens (tertiary/aromatic N) is 1. The van der Waals surface area contributed by atoms with Crippen molar-refractivity contribution < 1.29 is 14.7 Å². The molecule has 1 aromatic heterocycles. The van der Waals surface area contributed by atoms with E-state index in [0.29, 0.717) is 36.8 Å². The first kappa shape index (κ1) is 17.5. The molecule has 0 radical (unpaired) electrons. The van der Waals surface area contributed by atoms with E-state index in [9.17, 15) is 9.59 Å². The van der Waals surface area contributed by atoms with Gasteiger partial charge in [0.2, 0.25) is 0 Å². The van der Waals surface area contributed by atoms with Crippen LogP contribution in [0.2, 0.25) is 10.0 Å². The second kappa shape index (κ2) is 7.29. The Hall–Kier alpha value is -1.31. The van der Waals surface area contributed by atoms with Crippen molar-refractivity contribution in [3.8, 4) is 0 Å². The van der Waals surface area contributed by atoms with Crippen LogP contribution in [0.25, 0.3) is 5.57 Å². The van der Waals surface area contributed by atoms with Crippen molar-refractivity contribution in [2.24, 2.45) is 0 Å². The van der Waals surface area contributed by atoms with Crippen molar-refractivity contribution >= 4 is 69.4 Å². The van der Waals surface area contributed by atoms with Crippen LogP contribution in [-0.4, -0.2) is 29.3 Å². The minimum absolute atomic E-state index is 0.0870. The van der Waals surface area contributed by atoms with E-state index in [0.717, 1.165) is 4.90 Å². The van der Waals surface area contributed by atoms with Crippen molar-refractivity contribution in [3.05, 3.63) is 55.5 Å². The van der Waals surface area contributed by atoms with Crippen molar-refractivity contribution in [1.29, 1.82) is 0 Å². The second-order valence-corrected chi connectivity index (χ2v) is 7.75. The summed E-state index contributed by atoms with van der Waals surface area (Å²) >= 11 is 14.5. The van der Waals surface area contributed by atoms with Gasteiger partial charge in [-0.3, -0.25) is 9.59 Å². The number of imide groups is 1. The number of aliphatic hydroxyl groups is 1. The van der Waals surface area contributed by atoms with Crippen LogP contribution < -0.4 is 4.90 Å². The number of halogens is 2. The normalized spacial score (nSPS) is 14.9. The maximum atomic E-state index is 12.9. The smallest absolute Gasteiger partial charge is 0.272 e. The van der Waals surface area contributed by atoms with Gasteiger partial charge < -0.3 is 5.11 Å². The lowest BCUT2D eigenvalue weighted by Crippen LogP contribution is -2.31. The SMILES string of the molecule is O=C1C(SCCO)=C(c2cccs2)C(=O)N1c1cc(Cl)cc(Cl)c1. The minimum atomic E-state index is -0.430. The highest BCUT2D eigenvalue weighted by molar-refractivity contribution is 8.04. The largest absolute Gasteiger partial charge is 0.396 e. The Labute approximate surface area is 156 Å². The summed E-state index contributed by atoms with van der Waals surface area (Å²) in [7, 11) is 0. The van der Waals surface area contributed by atoms with E-state index in [-0.39, 0.29) is 6.61 Å². The monoisotopic (exact) mass is 399 g/mol. The summed E-state index contributed by atoms with van der Waals surface area (Å²) in [5, 5.41) is 11.6. The molecule has 1 aliphatic rings. The standard InChI is InChI=1S/C16H11Cl2NO3S2/c17-9-6-10(18)8-11(7-9)19-15(21)13(12-2-1-4-23-12)14(16(19)22)24-5-3-20/h1-2,4,6-8,20H,3,5H2. The Morgan fingerprint density at radius 3 is 2.42 bits per heavy atom. The number of carbonyl (C=O) groups is 2. The number of carbonyl (C=O) groups excluding carboxylic acids is 2. The lowest BCUT2D eigenvalue weighted by molar-refractivity contribution is -0.119. The van der Waals surface area contributed by atoms with Gasteiger partial charge in [0.25, 0.3) is 11.8 Å². The molecule has 0 unspecified atom stereocenters. The van der Waals surface area contributed by atoms with Gasteiger partial charge in [-0.05, 0) is 29.6 Å². The molecule has 2 amide bonds. The lowest BCUT2D eigenvalue weighted by Gasteiger charge is -2.15. The Balaban J connectivity index is 2.07. The Kier molecular flexibility index (Phi) is 5.32. The number of hydrogen-bond donors (Lipinski definition) is 1. The zero-order valence-electron chi connectivity index (χ0n) is 12.2. The van der Waals surface area contributed by atoms with E-state index in [1.165, 1.54) is 41.3 Å². The first-order valence-corrected chi connectivity index (χ1v) is 9.51. The van der Waals surface area contributed by atoms with Crippen LogP contribution in [0.15, 0.2) is 40.6 Å². The molecule has 4 nitrogen and oxygen atoms in total. The van der Waals surface area contributed by atoms with Crippen molar-refractivity contribution in [1.82, 2.24) is 0 Å². The van der Waals surface area contributed by atoms with E-state index in [4.69, 9.17) is 28.3 Å². The van der Waals surface area contributed by atoms with Crippen LogP contribution in [0.5, 0.6) is 0 Å². The lowest BCUT2D eigenvalue weighted by atomic mass is 10.2. The molecule has 2 heterocycles. The molecule has 1 aliphatic heterocycles. The molecular formula is C16H11Cl2NO3S2. The van der Waals surface area contributed by atoms with E-state index in [1.54, 1.807) is 6.07 Å². The van der Waals surface area contributed by atoms with Crippen molar-refractivity contribution in [2.75, 3.05) is 17.3 Å². The van der Waals surface area contributed by atoms with Gasteiger partial charge in [-0.25, -0.2) is 4.90 Å². The summed E-state index contributed by atoms with van der Waals surface area (Å²) in [6.45, 7) is -0.0870. The predicted octanol–water partition coefficient (Wildman–Crippen LogP) is 4.06. The second-order valence-electron chi connectivity index (χ2n) is 4.83. The van der Waals surface area contributed by atoms with Gasteiger partial charge in [0.15, 0.2) is 0 Å². The Morgan fingerprint density at radius 1 is 1.12 bits per heavy atom. The highest BCUT2D eigenvalue weighted by Crippen LogP contribution is 2.40. The van der Waals surface area contributed by atoms with Gasteiger partial charge >= 0.3 is 0 Å². The number of aliphatic hydroxyl groups excluding tert-OH is 1. The summed E-state index contributed by atoms with van der Waals surface area (Å²) in [6.07, 6.45) is 0. The number of amides is 2. The number of hydrogen-bond acceptors (Lipinski definition) is 5. The van der Waals surface area contributed by atoms with Crippen LogP contribution >= 0.6 is 46.3 Å². The van der Waals surface area contributed by atoms with E-state index < -0.39 is 11.8 Å². The molecule has 0 atom stereocenters. The molecule has 0 saturated carbocycles. The number of benzene rings is 1. The molecule has 2 aromatic rings. The fourth-order valence-electron chi connectivity index (χ4n) is 2.33. The third-order valence-corrected chi connectivity index (χ3v) is 5.63. The number of rotatable bonds is 5. The summed E-state index contributed by atoms with van der Waals surface area (Å²) in [5.74, 6) is -0.519. The highest BCUT2D eigenvalue weighted by atomic mass is 35.5. The van der Waals surface area contributed by atoms with Crippen LogP contribution in [-0.2, 0) is 9.59 Å². The predicted molar refractivity (Wildman–Crippen MR) is 99.7 cm³/mol. The minimum Gasteiger partial charge on any atom is -0.396 e. The molecule has 8 heteroatoms. The number of anilines is 1. The molecule has 0 bridgehead atoms. The summed E-state index contributed by atoms with van der Waals surface area (Å²) < 4.78 is 0. The molecule has 0 aliphatic carbocycles. The molecular weight excluding hydrogens is 389 g/mol. The number of thioether (sulfide) groups is 1. The van der Waals surface area contributed by atoms with Crippen LogP contribution in [0.4, 0.5) is 5.69 Å². The molecule has 24 heavy (non-hydrogen) atoms. The summed E-state index contributed by atoms with van der Waals surface area (Å²) in [5.41, 5.74) is 0.681. The maximum absolute atomic E-state index is 12.9. The van der Waals surface area contributed by atoms with E-state index in [1.807, 2.05) is 11.4 Å². The highest BCUT2D eigenvalue weighted by Gasteiger charge is 2.40. The van der Waals surface area contributed by atoms with E-state index in [2.05, 4.69) is 0 Å². The van der Waals surface area contributed by atoms with Gasteiger partial charge in [-0.15, -0.1) is 23.1 Å². The molecule has 0 spiro atoms. The Bertz CT molecular complexity index is 814. The van der Waals surface area contributed by atoms with Crippen LogP contribution in [0.1, 0.15) is 4.88 Å².